The molecule has 0 bridgehead atoms. The number of para-hydroxylation sites is 2. The molecule has 0 aromatic heterocycles. The molecule has 11 aromatic rings. The monoisotopic (exact) mass is 1710 g/mol. The van der Waals surface area contributed by atoms with Crippen molar-refractivity contribution < 1.29 is 126 Å². The summed E-state index contributed by atoms with van der Waals surface area (Å²) in [6.07, 6.45) is -4.35. The number of benzene rings is 11. The van der Waals surface area contributed by atoms with Crippen molar-refractivity contribution in [2.75, 3.05) is 66.0 Å². The first-order valence-electron chi connectivity index (χ1n) is 40.6. The number of nitrogens with one attached hydrogen (secondary N) is 1. The van der Waals surface area contributed by atoms with Gasteiger partial charge in [0, 0.05) is 6.08 Å². The smallest absolute Gasteiger partial charge is 0.407 e. The van der Waals surface area contributed by atoms with Gasteiger partial charge in [0.2, 0.25) is 0 Å². The van der Waals surface area contributed by atoms with Gasteiger partial charge in [-0.15, -0.1) is 0 Å². The second-order valence-electron chi connectivity index (χ2n) is 30.1. The van der Waals surface area contributed by atoms with E-state index in [1.165, 1.54) is 24.3 Å². The van der Waals surface area contributed by atoms with E-state index in [2.05, 4.69) is 48.3 Å². The van der Waals surface area contributed by atoms with Crippen LogP contribution in [-0.4, -0.2) is 175 Å². The maximum atomic E-state index is 14.1. The van der Waals surface area contributed by atoms with E-state index in [4.69, 9.17) is 52.1 Å². The first-order valence-corrected chi connectivity index (χ1v) is 40.6. The van der Waals surface area contributed by atoms with E-state index in [0.717, 1.165) is 91.0 Å². The van der Waals surface area contributed by atoms with Gasteiger partial charge in [0.05, 0.1) is 45.9 Å². The zero-order valence-electron chi connectivity index (χ0n) is 67.8. The van der Waals surface area contributed by atoms with Gasteiger partial charge in [0.1, 0.15) is 117 Å². The van der Waals surface area contributed by atoms with Crippen LogP contribution in [0.3, 0.4) is 0 Å². The fourth-order valence-electron chi connectivity index (χ4n) is 16.1. The molecule has 7 N–H and O–H groups in total. The highest BCUT2D eigenvalue weighted by Crippen LogP contribution is 2.58. The minimum atomic E-state index is -1.61. The number of alkyl carbamates (subject to hydrolysis) is 1. The predicted molar refractivity (Wildman–Crippen MR) is 455 cm³/mol. The molecule has 11 aromatic carbocycles. The summed E-state index contributed by atoms with van der Waals surface area (Å²) in [7, 11) is 0. The topological polar surface area (TPSA) is 389 Å². The number of aliphatic hydroxyl groups is 2. The molecule has 1 amide bonds. The molecule has 1 fully saturated rings. The number of hydrogen-bond acceptors (Lipinski definition) is 24. The largest absolute Gasteiger partial charge is 0.507 e. The Morgan fingerprint density at radius 2 is 0.730 bits per heavy atom. The van der Waals surface area contributed by atoms with E-state index >= 15 is 0 Å². The Hall–Kier alpha value is -15.1. The van der Waals surface area contributed by atoms with E-state index in [9.17, 15) is 73.8 Å². The van der Waals surface area contributed by atoms with Crippen molar-refractivity contribution in [3.63, 3.8) is 0 Å². The Kier molecular flexibility index (Phi) is 27.6. The number of fused-ring (bicyclic) bond motifs is 6. The van der Waals surface area contributed by atoms with Crippen molar-refractivity contribution in [1.29, 1.82) is 0 Å². The van der Waals surface area contributed by atoms with Gasteiger partial charge in [0.15, 0.2) is 12.2 Å². The zero-order chi connectivity index (χ0) is 88.4. The zero-order valence-corrected chi connectivity index (χ0v) is 67.8. The number of phenols is 2. The van der Waals surface area contributed by atoms with E-state index < -0.39 is 144 Å². The summed E-state index contributed by atoms with van der Waals surface area (Å²) in [6, 6.07) is 76.4. The lowest BCUT2D eigenvalue weighted by molar-refractivity contribution is -0.158. The van der Waals surface area contributed by atoms with E-state index in [0.29, 0.717) is 17.2 Å². The summed E-state index contributed by atoms with van der Waals surface area (Å²) in [5.74, 6) is -8.41. The first-order chi connectivity index (χ1) is 61.1. The molecule has 3 aliphatic carbocycles. The van der Waals surface area contributed by atoms with Gasteiger partial charge in [-0.25, -0.2) is 33.6 Å². The van der Waals surface area contributed by atoms with Gasteiger partial charge < -0.3 is 88.1 Å². The van der Waals surface area contributed by atoms with Crippen LogP contribution in [0, 0.1) is 11.8 Å². The van der Waals surface area contributed by atoms with Crippen LogP contribution in [0.2, 0.25) is 0 Å². The first kappa shape index (κ1) is 87.3. The minimum absolute atomic E-state index is 0.0383. The third kappa shape index (κ3) is 19.5. The normalized spacial score (nSPS) is 15.1. The van der Waals surface area contributed by atoms with Crippen LogP contribution in [0.15, 0.2) is 274 Å². The number of aromatic carboxylic acids is 2. The Morgan fingerprint density at radius 3 is 1.10 bits per heavy atom. The number of phenolic OH excluding ortho intramolecular Hbond substituents is 2. The lowest BCUT2D eigenvalue weighted by Gasteiger charge is -2.34. The predicted octanol–water partition coefficient (Wildman–Crippen LogP) is 13.8. The maximum absolute atomic E-state index is 14.1. The summed E-state index contributed by atoms with van der Waals surface area (Å²) in [5, 5.41) is 64.0. The molecule has 644 valence electrons. The van der Waals surface area contributed by atoms with E-state index in [-0.39, 0.29) is 93.6 Å². The van der Waals surface area contributed by atoms with Crippen molar-refractivity contribution in [2.24, 2.45) is 11.8 Å². The number of amides is 1. The Labute approximate surface area is 722 Å². The average molecular weight is 1710 g/mol. The number of aromatic hydroxyl groups is 2. The highest BCUT2D eigenvalue weighted by molar-refractivity contribution is 6.04. The molecule has 126 heavy (non-hydrogen) atoms. The molecule has 27 nitrogen and oxygen atoms in total. The summed E-state index contributed by atoms with van der Waals surface area (Å²) in [5.41, 5.74) is 7.88. The van der Waals surface area contributed by atoms with Gasteiger partial charge in [0.25, 0.3) is 0 Å². The van der Waals surface area contributed by atoms with Gasteiger partial charge in [-0.1, -0.05) is 176 Å². The molecule has 14 rings (SSSR count). The highest BCUT2D eigenvalue weighted by atomic mass is 16.6. The Balaban J connectivity index is 0.626. The lowest BCUT2D eigenvalue weighted by Crippen LogP contribution is -2.38. The molecule has 1 saturated carbocycles. The molecule has 4 unspecified atom stereocenters. The molecule has 0 radical (unpaired) electrons. The quantitative estimate of drug-likeness (QED) is 0.00823. The molecule has 0 aliphatic heterocycles. The number of ether oxygens (including phenoxy) is 11. The van der Waals surface area contributed by atoms with Crippen molar-refractivity contribution in [2.45, 2.75) is 60.9 Å². The highest BCUT2D eigenvalue weighted by Gasteiger charge is 2.48. The molecule has 4 atom stereocenters. The second-order valence-corrected chi connectivity index (χ2v) is 30.1. The van der Waals surface area contributed by atoms with Gasteiger partial charge in [-0.3, -0.25) is 9.59 Å². The van der Waals surface area contributed by atoms with E-state index in [1.54, 1.807) is 72.8 Å². The molecular formula is C99H87NO26. The molecular weight excluding hydrogens is 1620 g/mol. The molecule has 27 heteroatoms. The number of esters is 6. The van der Waals surface area contributed by atoms with Gasteiger partial charge in [-0.05, 0) is 183 Å². The number of hydrogen-bond donors (Lipinski definition) is 7. The van der Waals surface area contributed by atoms with E-state index in [1.807, 2.05) is 109 Å². The molecule has 0 spiro atoms. The summed E-state index contributed by atoms with van der Waals surface area (Å²) < 4.78 is 63.4. The van der Waals surface area contributed by atoms with Crippen molar-refractivity contribution >= 4 is 53.8 Å². The molecule has 0 saturated heterocycles. The number of rotatable bonds is 37. The third-order valence-corrected chi connectivity index (χ3v) is 22.1. The number of carboxylic acid groups (broad SMARTS) is 2. The number of aliphatic hydroxyl groups excluding tert-OH is 2. The standard InChI is InChI=1S/C99H87NO26/c1-2-89(105)116-50-49-100-97(115)126-74(57-120-72-46-38-66(39-47-72)99(85-23-11-5-17-77(85)78-18-6-12-24-86(78)99)64-34-42-70(43-35-64)118-53-68(102)55-122-95(113)81-20-8-14-26-88(81)104)59-124-93(111)61-29-27-60(28-30-61)92(110)123-58-73(125-96(114)79-48-31-62(90(106)107)51-82(79)91(108)109)56-119-71-44-36-65(37-45-71)98(83-21-9-3-15-75(83)76-16-4-10-22-84(76)98)63-32-40-69(41-33-63)117-52-67(101)54-121-94(112)80-19-7-13-25-87(80)103/h2-26,31-48,51,60-61,67-68,73-74,101-104H,1,27-30,49-50,52-59H2,(H,100,115)(H,106,107)(H,108,109). The van der Waals surface area contributed by atoms with Gasteiger partial charge >= 0.3 is 53.8 Å². The average Bonchev–Trinajstić information content (AvgIpc) is 1.54. The summed E-state index contributed by atoms with van der Waals surface area (Å²) >= 11 is 0. The molecule has 0 heterocycles. The fraction of sp³-hybridized carbons (Fsp3) is 0.222. The van der Waals surface area contributed by atoms with Crippen LogP contribution >= 0.6 is 0 Å². The Morgan fingerprint density at radius 1 is 0.373 bits per heavy atom. The van der Waals surface area contributed by atoms with Gasteiger partial charge in [-0.2, -0.15) is 0 Å². The number of carbonyl (C=O) groups excluding carboxylic acids is 7. The van der Waals surface area contributed by atoms with Crippen molar-refractivity contribution in [1.82, 2.24) is 5.32 Å². The summed E-state index contributed by atoms with van der Waals surface area (Å²) in [4.78, 5) is 117. The van der Waals surface area contributed by atoms with Crippen LogP contribution in [0.4, 0.5) is 4.79 Å². The number of carbonyl (C=O) groups is 9. The lowest BCUT2D eigenvalue weighted by atomic mass is 9.68. The minimum Gasteiger partial charge on any atom is -0.507 e. The van der Waals surface area contributed by atoms with Crippen molar-refractivity contribution in [3.05, 3.63) is 346 Å². The second kappa shape index (κ2) is 39.8. The van der Waals surface area contributed by atoms with Crippen LogP contribution in [0.25, 0.3) is 22.3 Å². The van der Waals surface area contributed by atoms with Crippen LogP contribution in [-0.2, 0) is 58.4 Å². The molecule has 3 aliphatic rings. The van der Waals surface area contributed by atoms with Crippen LogP contribution in [0.1, 0.15) is 122 Å². The number of carboxylic acids is 2. The summed E-state index contributed by atoms with van der Waals surface area (Å²) in [6.45, 7) is -0.0114. The SMILES string of the molecule is C=CC(=O)OCCNC(=O)OC(COC(=O)C1CCC(C(=O)OCC(COc2ccc(C3(c4ccc(OCC(O)COC(=O)c5ccccc5O)cc4)c4ccccc4-c4ccccc43)cc2)OC(=O)c2ccc(C(=O)O)cc2C(=O)O)CC1)COc1ccc(C2(c3ccc(OCC(O)COC(=O)c4ccccc4O)cc3)c3ccccc3-c3ccccc32)cc1. The van der Waals surface area contributed by atoms with Crippen molar-refractivity contribution in [3.8, 4) is 56.8 Å². The fourth-order valence-corrected chi connectivity index (χ4v) is 16.1. The van der Waals surface area contributed by atoms with Crippen LogP contribution in [0.5, 0.6) is 34.5 Å². The van der Waals surface area contributed by atoms with Crippen LogP contribution < -0.4 is 24.3 Å². The Bertz CT molecular complexity index is 5730. The maximum Gasteiger partial charge on any atom is 0.407 e. The third-order valence-electron chi connectivity index (χ3n) is 22.1.